The third-order valence-electron chi connectivity index (χ3n) is 12.4. The topological polar surface area (TPSA) is 4.93 Å². The summed E-state index contributed by atoms with van der Waals surface area (Å²) in [5.41, 5.74) is 20.7. The second kappa shape index (κ2) is 10.9. The maximum Gasteiger partial charge on any atom is 0.0541 e. The van der Waals surface area contributed by atoms with Gasteiger partial charge in [0.2, 0.25) is 0 Å². The Balaban J connectivity index is 1.17. The normalized spacial score (nSPS) is 19.9. The molecular formula is C49H43N. The van der Waals surface area contributed by atoms with Gasteiger partial charge in [-0.2, -0.15) is 0 Å². The minimum Gasteiger partial charge on any atom is -0.309 e. The van der Waals surface area contributed by atoms with Gasteiger partial charge in [0.25, 0.3) is 0 Å². The van der Waals surface area contributed by atoms with Gasteiger partial charge in [-0.1, -0.05) is 113 Å². The van der Waals surface area contributed by atoms with Crippen LogP contribution in [0.1, 0.15) is 73.9 Å². The van der Waals surface area contributed by atoms with Crippen LogP contribution in [-0.2, 0) is 18.3 Å². The molecule has 4 aliphatic rings. The summed E-state index contributed by atoms with van der Waals surface area (Å²) >= 11 is 0. The summed E-state index contributed by atoms with van der Waals surface area (Å²) in [5.74, 6) is 1.03. The van der Waals surface area contributed by atoms with Crippen molar-refractivity contribution in [2.75, 3.05) is 0 Å². The van der Waals surface area contributed by atoms with Gasteiger partial charge in [0.15, 0.2) is 0 Å². The van der Waals surface area contributed by atoms with E-state index >= 15 is 0 Å². The summed E-state index contributed by atoms with van der Waals surface area (Å²) in [4.78, 5) is 0. The number of rotatable bonds is 3. The Kier molecular flexibility index (Phi) is 6.50. The van der Waals surface area contributed by atoms with Crippen LogP contribution in [0.25, 0.3) is 60.9 Å². The fraction of sp³-hybridized carbons (Fsp3) is 0.224. The van der Waals surface area contributed by atoms with Gasteiger partial charge in [-0.15, -0.1) is 0 Å². The predicted molar refractivity (Wildman–Crippen MR) is 213 cm³/mol. The van der Waals surface area contributed by atoms with Crippen molar-refractivity contribution in [2.45, 2.75) is 58.8 Å². The molecule has 2 atom stereocenters. The second-order valence-corrected chi connectivity index (χ2v) is 15.7. The van der Waals surface area contributed by atoms with Gasteiger partial charge in [0, 0.05) is 21.9 Å². The fourth-order valence-corrected chi connectivity index (χ4v) is 9.59. The highest BCUT2D eigenvalue weighted by atomic mass is 15.0. The molecule has 0 fully saturated rings. The first-order valence-electron chi connectivity index (χ1n) is 18.6. The number of benzene rings is 5. The van der Waals surface area contributed by atoms with Crippen molar-refractivity contribution in [3.05, 3.63) is 161 Å². The van der Waals surface area contributed by atoms with Gasteiger partial charge in [-0.25, -0.2) is 0 Å². The first-order chi connectivity index (χ1) is 24.4. The zero-order chi connectivity index (χ0) is 33.7. The average molecular weight is 646 g/mol. The molecule has 10 rings (SSSR count). The van der Waals surface area contributed by atoms with E-state index in [1.54, 1.807) is 0 Å². The largest absolute Gasteiger partial charge is 0.309 e. The van der Waals surface area contributed by atoms with E-state index < -0.39 is 0 Å². The summed E-state index contributed by atoms with van der Waals surface area (Å²) in [6.45, 7) is 9.56. The number of hydrogen-bond acceptors (Lipinski definition) is 0. The Hall–Kier alpha value is -5.14. The Labute approximate surface area is 296 Å². The van der Waals surface area contributed by atoms with Crippen LogP contribution in [0, 0.1) is 11.8 Å². The lowest BCUT2D eigenvalue weighted by Gasteiger charge is -2.25. The minimum atomic E-state index is -0.0833. The highest BCUT2D eigenvalue weighted by Crippen LogP contribution is 2.52. The number of hydrogen-bond donors (Lipinski definition) is 0. The summed E-state index contributed by atoms with van der Waals surface area (Å²) in [5, 5.41) is 2.66. The SMILES string of the molecule is CC1CC=CC=C1c1ccc2c(c1)c1cc(C3=CC=CCC3C)ccc1n2-c1ccc2c(c1)C(C)(C)c1cc3c(cc1-2)-c1ccccc1CC3. The standard InChI is InChI=1S/C49H43N/c1-30-11-5-8-14-37(30)33-19-23-47-43(25-33)44-26-34(38-15-9-6-12-31(38)2)20-24-48(44)50(47)36-21-22-40-42-29-41-35(18-17-32-13-7-10-16-39(32)41)27-45(42)49(3,4)46(40)28-36/h5-10,13-16,19-31H,11-12,17-18H2,1-4H3. The number of aromatic nitrogens is 1. The van der Waals surface area contributed by atoms with Crippen LogP contribution < -0.4 is 0 Å². The van der Waals surface area contributed by atoms with Crippen LogP contribution >= 0.6 is 0 Å². The molecule has 0 amide bonds. The Morgan fingerprint density at radius 1 is 0.560 bits per heavy atom. The van der Waals surface area contributed by atoms with Crippen molar-refractivity contribution >= 4 is 33.0 Å². The Morgan fingerprint density at radius 2 is 1.18 bits per heavy atom. The van der Waals surface area contributed by atoms with Crippen LogP contribution in [-0.4, -0.2) is 4.57 Å². The van der Waals surface area contributed by atoms with E-state index in [9.17, 15) is 0 Å². The molecule has 4 aliphatic carbocycles. The van der Waals surface area contributed by atoms with Crippen LogP contribution in [0.4, 0.5) is 0 Å². The van der Waals surface area contributed by atoms with E-state index in [2.05, 4.69) is 160 Å². The lowest BCUT2D eigenvalue weighted by Crippen LogP contribution is -2.16. The first kappa shape index (κ1) is 29.7. The van der Waals surface area contributed by atoms with Crippen LogP contribution in [0.5, 0.6) is 0 Å². The molecule has 1 heterocycles. The van der Waals surface area contributed by atoms with Gasteiger partial charge in [0.05, 0.1) is 11.0 Å². The van der Waals surface area contributed by atoms with Crippen LogP contribution in [0.3, 0.4) is 0 Å². The van der Waals surface area contributed by atoms with Gasteiger partial charge in [-0.05, 0) is 147 Å². The summed E-state index contributed by atoms with van der Waals surface area (Å²) < 4.78 is 2.52. The zero-order valence-corrected chi connectivity index (χ0v) is 29.6. The van der Waals surface area contributed by atoms with E-state index in [1.807, 2.05) is 0 Å². The van der Waals surface area contributed by atoms with E-state index in [4.69, 9.17) is 0 Å². The summed E-state index contributed by atoms with van der Waals surface area (Å²) in [6, 6.07) is 35.7. The van der Waals surface area contributed by atoms with Crippen molar-refractivity contribution in [1.82, 2.24) is 4.57 Å². The quantitative estimate of drug-likeness (QED) is 0.180. The maximum atomic E-state index is 2.54. The molecule has 244 valence electrons. The smallest absolute Gasteiger partial charge is 0.0541 e. The van der Waals surface area contributed by atoms with E-state index in [0.29, 0.717) is 11.8 Å². The van der Waals surface area contributed by atoms with E-state index in [-0.39, 0.29) is 5.41 Å². The van der Waals surface area contributed by atoms with Gasteiger partial charge >= 0.3 is 0 Å². The van der Waals surface area contributed by atoms with Crippen molar-refractivity contribution in [1.29, 1.82) is 0 Å². The van der Waals surface area contributed by atoms with E-state index in [1.165, 1.54) is 94.3 Å². The highest BCUT2D eigenvalue weighted by molar-refractivity contribution is 6.11. The third-order valence-corrected chi connectivity index (χ3v) is 12.4. The molecule has 0 aliphatic heterocycles. The Bertz CT molecular complexity index is 2450. The third kappa shape index (κ3) is 4.32. The first-order valence-corrected chi connectivity index (χ1v) is 18.6. The number of nitrogens with zero attached hydrogens (tertiary/aromatic N) is 1. The number of allylic oxidation sites excluding steroid dienone is 8. The lowest BCUT2D eigenvalue weighted by molar-refractivity contribution is 0.658. The molecule has 50 heavy (non-hydrogen) atoms. The maximum absolute atomic E-state index is 2.54. The summed E-state index contributed by atoms with van der Waals surface area (Å²) in [6.07, 6.45) is 18.1. The van der Waals surface area contributed by atoms with Crippen molar-refractivity contribution in [3.8, 4) is 27.9 Å². The average Bonchev–Trinajstić information content (AvgIpc) is 3.58. The molecule has 0 spiro atoms. The summed E-state index contributed by atoms with van der Waals surface area (Å²) in [7, 11) is 0. The molecule has 0 N–H and O–H groups in total. The molecule has 5 aromatic carbocycles. The van der Waals surface area contributed by atoms with Crippen LogP contribution in [0.2, 0.25) is 0 Å². The zero-order valence-electron chi connectivity index (χ0n) is 29.6. The lowest BCUT2D eigenvalue weighted by atomic mass is 9.78. The molecule has 1 aromatic heterocycles. The van der Waals surface area contributed by atoms with E-state index in [0.717, 1.165) is 25.7 Å². The molecule has 0 saturated heterocycles. The molecule has 0 radical (unpaired) electrons. The molecule has 1 heteroatoms. The minimum absolute atomic E-state index is 0.0833. The molecule has 0 saturated carbocycles. The monoisotopic (exact) mass is 645 g/mol. The molecule has 2 unspecified atom stereocenters. The molecular weight excluding hydrogens is 603 g/mol. The van der Waals surface area contributed by atoms with Crippen molar-refractivity contribution < 1.29 is 0 Å². The highest BCUT2D eigenvalue weighted by Gasteiger charge is 2.37. The predicted octanol–water partition coefficient (Wildman–Crippen LogP) is 12.8. The van der Waals surface area contributed by atoms with Gasteiger partial charge in [0.1, 0.15) is 0 Å². The second-order valence-electron chi connectivity index (χ2n) is 15.7. The van der Waals surface area contributed by atoms with Crippen LogP contribution in [0.15, 0.2) is 127 Å². The van der Waals surface area contributed by atoms with Gasteiger partial charge in [-0.3, -0.25) is 0 Å². The molecule has 6 aromatic rings. The fourth-order valence-electron chi connectivity index (χ4n) is 9.59. The molecule has 0 bridgehead atoms. The van der Waals surface area contributed by atoms with Crippen molar-refractivity contribution in [2.24, 2.45) is 11.8 Å². The molecule has 1 nitrogen and oxygen atoms in total. The number of fused-ring (bicyclic) bond motifs is 9. The number of aryl methyl sites for hydroxylation is 2. The van der Waals surface area contributed by atoms with Crippen molar-refractivity contribution in [3.63, 3.8) is 0 Å². The van der Waals surface area contributed by atoms with Gasteiger partial charge < -0.3 is 4.57 Å². The Morgan fingerprint density at radius 3 is 1.84 bits per heavy atom.